The van der Waals surface area contributed by atoms with Gasteiger partial charge in [0.25, 0.3) is 0 Å². The molecule has 7 heteroatoms. The van der Waals surface area contributed by atoms with Crippen molar-refractivity contribution in [3.05, 3.63) is 41.9 Å². The molecule has 3 rings (SSSR count). The maximum Gasteiger partial charge on any atom is 0.132 e. The molecule has 1 fully saturated rings. The molecule has 1 aromatic carbocycles. The van der Waals surface area contributed by atoms with Crippen LogP contribution in [-0.4, -0.2) is 42.1 Å². The number of alkyl halides is 1. The van der Waals surface area contributed by atoms with Gasteiger partial charge in [-0.25, -0.2) is 14.4 Å². The Morgan fingerprint density at radius 2 is 2.22 bits per heavy atom. The number of nitrogen functional groups attached to an aromatic ring is 1. The summed E-state index contributed by atoms with van der Waals surface area (Å²) in [6.07, 6.45) is 1.06. The Hall–Kier alpha value is -2.70. The number of ether oxygens (including phenoxy) is 1. The van der Waals surface area contributed by atoms with Gasteiger partial charge >= 0.3 is 0 Å². The van der Waals surface area contributed by atoms with Crippen molar-refractivity contribution < 1.29 is 9.13 Å². The Bertz CT molecular complexity index is 736. The molecule has 1 aromatic heterocycles. The van der Waals surface area contributed by atoms with Gasteiger partial charge in [-0.1, -0.05) is 0 Å². The van der Waals surface area contributed by atoms with Gasteiger partial charge in [-0.15, -0.1) is 0 Å². The second-order valence-electron chi connectivity index (χ2n) is 5.42. The first-order valence-corrected chi connectivity index (χ1v) is 7.32. The molecular formula is C16H18FN5O. The fourth-order valence-corrected chi connectivity index (χ4v) is 2.60. The molecule has 1 saturated heterocycles. The predicted molar refractivity (Wildman–Crippen MR) is 87.1 cm³/mol. The third-order valence-corrected chi connectivity index (χ3v) is 3.89. The van der Waals surface area contributed by atoms with Crippen LogP contribution in [0.3, 0.4) is 0 Å². The highest BCUT2D eigenvalue weighted by molar-refractivity contribution is 6.13. The summed E-state index contributed by atoms with van der Waals surface area (Å²) in [6.45, 7) is 0.942. The summed E-state index contributed by atoms with van der Waals surface area (Å²) in [5, 5.41) is 8.37. The molecule has 0 aliphatic carbocycles. The molecule has 1 unspecified atom stereocenters. The zero-order valence-corrected chi connectivity index (χ0v) is 12.8. The highest BCUT2D eigenvalue weighted by Gasteiger charge is 2.23. The summed E-state index contributed by atoms with van der Waals surface area (Å²) in [5.74, 6) is 1.24. The van der Waals surface area contributed by atoms with Gasteiger partial charge in [0.05, 0.1) is 25.1 Å². The van der Waals surface area contributed by atoms with Crippen LogP contribution in [0.15, 0.2) is 30.6 Å². The predicted octanol–water partition coefficient (Wildman–Crippen LogP) is 2.03. The first-order chi connectivity index (χ1) is 11.1. The zero-order chi connectivity index (χ0) is 16.4. The summed E-state index contributed by atoms with van der Waals surface area (Å²) < 4.78 is 18.5. The number of halogens is 1. The monoisotopic (exact) mass is 315 g/mol. The number of hydrogen-bond donors (Lipinski definition) is 2. The van der Waals surface area contributed by atoms with Crippen molar-refractivity contribution >= 4 is 17.2 Å². The lowest BCUT2D eigenvalue weighted by Crippen LogP contribution is -2.22. The van der Waals surface area contributed by atoms with Crippen LogP contribution in [0.4, 0.5) is 15.9 Å². The number of nitrogens with two attached hydrogens (primary N) is 1. The molecule has 0 bridgehead atoms. The van der Waals surface area contributed by atoms with Gasteiger partial charge in [0.15, 0.2) is 0 Å². The van der Waals surface area contributed by atoms with Crippen molar-refractivity contribution in [1.82, 2.24) is 9.97 Å². The molecule has 1 aliphatic rings. The Labute approximate surface area is 133 Å². The molecule has 6 nitrogen and oxygen atoms in total. The lowest BCUT2D eigenvalue weighted by atomic mass is 10.0. The van der Waals surface area contributed by atoms with Gasteiger partial charge < -0.3 is 15.4 Å². The minimum absolute atomic E-state index is 0.182. The molecule has 0 amide bonds. The molecule has 0 spiro atoms. The van der Waals surface area contributed by atoms with Gasteiger partial charge in [-0.3, -0.25) is 5.41 Å². The molecule has 0 radical (unpaired) electrons. The Balaban J connectivity index is 1.91. The van der Waals surface area contributed by atoms with E-state index in [1.807, 2.05) is 4.90 Å². The van der Waals surface area contributed by atoms with Gasteiger partial charge in [0.2, 0.25) is 0 Å². The van der Waals surface area contributed by atoms with Crippen molar-refractivity contribution in [3.8, 4) is 5.75 Å². The fraction of sp³-hybridized carbons (Fsp3) is 0.312. The molecule has 120 valence electrons. The number of nitrogens with one attached hydrogen (secondary N) is 1. The maximum absolute atomic E-state index is 13.4. The van der Waals surface area contributed by atoms with Crippen LogP contribution in [0.5, 0.6) is 5.75 Å². The third-order valence-electron chi connectivity index (χ3n) is 3.89. The minimum atomic E-state index is -0.832. The van der Waals surface area contributed by atoms with Crippen LogP contribution in [0.2, 0.25) is 0 Å². The van der Waals surface area contributed by atoms with E-state index in [2.05, 4.69) is 9.97 Å². The average molecular weight is 315 g/mol. The molecule has 0 saturated carbocycles. The van der Waals surface area contributed by atoms with Crippen molar-refractivity contribution in [1.29, 1.82) is 5.41 Å². The summed E-state index contributed by atoms with van der Waals surface area (Å²) in [7, 11) is 1.56. The summed E-state index contributed by atoms with van der Waals surface area (Å²) in [6, 6.07) is 6.83. The quantitative estimate of drug-likeness (QED) is 0.666. The van der Waals surface area contributed by atoms with Crippen LogP contribution in [0, 0.1) is 5.41 Å². The minimum Gasteiger partial charge on any atom is -0.497 e. The van der Waals surface area contributed by atoms with E-state index in [0.29, 0.717) is 48.0 Å². The lowest BCUT2D eigenvalue weighted by Gasteiger charge is -2.17. The van der Waals surface area contributed by atoms with Gasteiger partial charge in [-0.2, -0.15) is 0 Å². The number of anilines is 2. The normalized spacial score (nSPS) is 17.3. The molecule has 1 atom stereocenters. The van der Waals surface area contributed by atoms with E-state index in [4.69, 9.17) is 15.9 Å². The summed E-state index contributed by atoms with van der Waals surface area (Å²) in [4.78, 5) is 10.2. The Morgan fingerprint density at radius 3 is 2.91 bits per heavy atom. The number of aromatic nitrogens is 2. The van der Waals surface area contributed by atoms with Crippen LogP contribution in [-0.2, 0) is 0 Å². The second-order valence-corrected chi connectivity index (χ2v) is 5.42. The Kier molecular flexibility index (Phi) is 4.10. The van der Waals surface area contributed by atoms with Crippen LogP contribution in [0.25, 0.3) is 0 Å². The number of methoxy groups -OCH3 is 1. The summed E-state index contributed by atoms with van der Waals surface area (Å²) in [5.41, 5.74) is 7.60. The van der Waals surface area contributed by atoms with E-state index in [9.17, 15) is 4.39 Å². The van der Waals surface area contributed by atoms with Crippen LogP contribution < -0.4 is 15.4 Å². The maximum atomic E-state index is 13.4. The van der Waals surface area contributed by atoms with E-state index in [-0.39, 0.29) is 5.71 Å². The zero-order valence-electron chi connectivity index (χ0n) is 12.8. The number of benzene rings is 1. The van der Waals surface area contributed by atoms with Gasteiger partial charge in [0.1, 0.15) is 24.1 Å². The first kappa shape index (κ1) is 15.2. The van der Waals surface area contributed by atoms with E-state index in [1.165, 1.54) is 6.33 Å². The lowest BCUT2D eigenvalue weighted by molar-refractivity contribution is 0.364. The van der Waals surface area contributed by atoms with Crippen LogP contribution in [0.1, 0.15) is 17.7 Å². The molecule has 23 heavy (non-hydrogen) atoms. The third kappa shape index (κ3) is 3.08. The van der Waals surface area contributed by atoms with Gasteiger partial charge in [0, 0.05) is 23.9 Å². The second kappa shape index (κ2) is 6.20. The van der Waals surface area contributed by atoms with E-state index in [1.54, 1.807) is 31.4 Å². The van der Waals surface area contributed by atoms with Crippen molar-refractivity contribution in [2.24, 2.45) is 0 Å². The number of nitrogens with zero attached hydrogens (tertiary/aromatic N) is 3. The number of hydrogen-bond acceptors (Lipinski definition) is 6. The SMILES string of the molecule is COc1ccc(N)c(C(=N)c2cc(N3CCC(F)C3)ncn2)c1. The van der Waals surface area contributed by atoms with Crippen molar-refractivity contribution in [2.45, 2.75) is 12.6 Å². The molecule has 1 aliphatic heterocycles. The standard InChI is InChI=1S/C16H18FN5O/c1-23-11-2-3-13(18)12(6-11)16(19)14-7-15(21-9-20-14)22-5-4-10(17)8-22/h2-3,6-7,9-10,19H,4-5,8,18H2,1H3. The van der Waals surface area contributed by atoms with E-state index < -0.39 is 6.17 Å². The van der Waals surface area contributed by atoms with E-state index >= 15 is 0 Å². The Morgan fingerprint density at radius 1 is 1.39 bits per heavy atom. The number of rotatable bonds is 4. The molecule has 2 aromatic rings. The van der Waals surface area contributed by atoms with Gasteiger partial charge in [-0.05, 0) is 24.6 Å². The molecule has 2 heterocycles. The molecular weight excluding hydrogens is 297 g/mol. The molecule has 3 N–H and O–H groups in total. The fourth-order valence-electron chi connectivity index (χ4n) is 2.60. The largest absolute Gasteiger partial charge is 0.497 e. The smallest absolute Gasteiger partial charge is 0.132 e. The average Bonchev–Trinajstić information content (AvgIpc) is 3.01. The summed E-state index contributed by atoms with van der Waals surface area (Å²) >= 11 is 0. The van der Waals surface area contributed by atoms with Crippen molar-refractivity contribution in [2.75, 3.05) is 30.8 Å². The van der Waals surface area contributed by atoms with E-state index in [0.717, 1.165) is 0 Å². The highest BCUT2D eigenvalue weighted by Crippen LogP contribution is 2.24. The topological polar surface area (TPSA) is 88.1 Å². The van der Waals surface area contributed by atoms with Crippen LogP contribution >= 0.6 is 0 Å². The van der Waals surface area contributed by atoms with Crippen molar-refractivity contribution in [3.63, 3.8) is 0 Å². The highest BCUT2D eigenvalue weighted by atomic mass is 19.1. The first-order valence-electron chi connectivity index (χ1n) is 7.32.